The summed E-state index contributed by atoms with van der Waals surface area (Å²) in [5, 5.41) is 3.46. The minimum atomic E-state index is -0.587. The summed E-state index contributed by atoms with van der Waals surface area (Å²) < 4.78 is 18.6. The molecule has 0 aliphatic carbocycles. The van der Waals surface area contributed by atoms with Crippen molar-refractivity contribution in [3.8, 4) is 5.75 Å². The number of ether oxygens (including phenoxy) is 1. The molecule has 122 valence electrons. The SMILES string of the molecule is CCC(Oc1ccc(Cl)c(C)c1)C(=O)NCc1ccc(F)cc1. The Morgan fingerprint density at radius 2 is 1.96 bits per heavy atom. The summed E-state index contributed by atoms with van der Waals surface area (Å²) in [4.78, 5) is 12.2. The molecule has 0 aliphatic heterocycles. The van der Waals surface area contributed by atoms with Crippen LogP contribution in [0.4, 0.5) is 4.39 Å². The van der Waals surface area contributed by atoms with Gasteiger partial charge in [-0.15, -0.1) is 0 Å². The van der Waals surface area contributed by atoms with E-state index in [-0.39, 0.29) is 11.7 Å². The maximum atomic E-state index is 12.9. The van der Waals surface area contributed by atoms with Gasteiger partial charge >= 0.3 is 0 Å². The summed E-state index contributed by atoms with van der Waals surface area (Å²) in [6, 6.07) is 11.3. The van der Waals surface area contributed by atoms with Crippen molar-refractivity contribution >= 4 is 17.5 Å². The molecule has 0 radical (unpaired) electrons. The summed E-state index contributed by atoms with van der Waals surface area (Å²) >= 11 is 5.98. The Morgan fingerprint density at radius 3 is 2.57 bits per heavy atom. The van der Waals surface area contributed by atoms with E-state index in [2.05, 4.69) is 5.32 Å². The van der Waals surface area contributed by atoms with Crippen LogP contribution >= 0.6 is 11.6 Å². The van der Waals surface area contributed by atoms with Crippen LogP contribution in [0.3, 0.4) is 0 Å². The van der Waals surface area contributed by atoms with E-state index in [1.54, 1.807) is 30.3 Å². The summed E-state index contributed by atoms with van der Waals surface area (Å²) in [5.74, 6) is 0.105. The molecule has 23 heavy (non-hydrogen) atoms. The van der Waals surface area contributed by atoms with Gasteiger partial charge in [0.05, 0.1) is 0 Å². The molecule has 2 rings (SSSR count). The number of halogens is 2. The molecule has 0 saturated heterocycles. The second-order valence-corrected chi connectivity index (χ2v) is 5.68. The molecule has 0 saturated carbocycles. The van der Waals surface area contributed by atoms with Gasteiger partial charge in [0, 0.05) is 11.6 Å². The van der Waals surface area contributed by atoms with E-state index in [9.17, 15) is 9.18 Å². The van der Waals surface area contributed by atoms with Gasteiger partial charge in [0.1, 0.15) is 11.6 Å². The molecule has 0 fully saturated rings. The number of nitrogens with one attached hydrogen (secondary N) is 1. The monoisotopic (exact) mass is 335 g/mol. The first-order valence-corrected chi connectivity index (χ1v) is 7.82. The number of carbonyl (C=O) groups excluding carboxylic acids is 1. The standard InChI is InChI=1S/C18H19ClFNO2/c1-3-17(23-15-8-9-16(19)12(2)10-15)18(22)21-11-13-4-6-14(20)7-5-13/h4-10,17H,3,11H2,1-2H3,(H,21,22). The van der Waals surface area contributed by atoms with Gasteiger partial charge in [0.25, 0.3) is 5.91 Å². The third kappa shape index (κ3) is 4.96. The average molecular weight is 336 g/mol. The van der Waals surface area contributed by atoms with Crippen molar-refractivity contribution in [3.63, 3.8) is 0 Å². The molecule has 1 unspecified atom stereocenters. The lowest BCUT2D eigenvalue weighted by Crippen LogP contribution is -2.37. The van der Waals surface area contributed by atoms with Crippen molar-refractivity contribution in [2.24, 2.45) is 0 Å². The van der Waals surface area contributed by atoms with Crippen LogP contribution in [-0.4, -0.2) is 12.0 Å². The van der Waals surface area contributed by atoms with Gasteiger partial charge in [-0.2, -0.15) is 0 Å². The Hall–Kier alpha value is -2.07. The minimum Gasteiger partial charge on any atom is -0.481 e. The second-order valence-electron chi connectivity index (χ2n) is 5.27. The molecule has 2 aromatic rings. The van der Waals surface area contributed by atoms with Crippen LogP contribution in [0.1, 0.15) is 24.5 Å². The van der Waals surface area contributed by atoms with Crippen molar-refractivity contribution in [2.75, 3.05) is 0 Å². The van der Waals surface area contributed by atoms with Crippen LogP contribution < -0.4 is 10.1 Å². The van der Waals surface area contributed by atoms with Crippen LogP contribution in [0.15, 0.2) is 42.5 Å². The van der Waals surface area contributed by atoms with Crippen LogP contribution in [0.25, 0.3) is 0 Å². The molecule has 0 heterocycles. The average Bonchev–Trinajstić information content (AvgIpc) is 2.55. The smallest absolute Gasteiger partial charge is 0.261 e. The maximum Gasteiger partial charge on any atom is 0.261 e. The quantitative estimate of drug-likeness (QED) is 0.856. The summed E-state index contributed by atoms with van der Waals surface area (Å²) in [6.45, 7) is 4.09. The summed E-state index contributed by atoms with van der Waals surface area (Å²) in [6.07, 6.45) is -0.0484. The molecule has 1 atom stereocenters. The number of rotatable bonds is 6. The van der Waals surface area contributed by atoms with E-state index in [1.807, 2.05) is 13.8 Å². The molecule has 2 aromatic carbocycles. The highest BCUT2D eigenvalue weighted by Gasteiger charge is 2.18. The van der Waals surface area contributed by atoms with E-state index < -0.39 is 6.10 Å². The fraction of sp³-hybridized carbons (Fsp3) is 0.278. The summed E-state index contributed by atoms with van der Waals surface area (Å²) in [7, 11) is 0. The third-order valence-corrected chi connectivity index (χ3v) is 3.88. The summed E-state index contributed by atoms with van der Waals surface area (Å²) in [5.41, 5.74) is 1.72. The van der Waals surface area contributed by atoms with Crippen LogP contribution in [-0.2, 0) is 11.3 Å². The zero-order valence-corrected chi connectivity index (χ0v) is 13.9. The Kier molecular flexibility index (Phi) is 5.99. The highest BCUT2D eigenvalue weighted by molar-refractivity contribution is 6.31. The molecule has 0 bridgehead atoms. The highest BCUT2D eigenvalue weighted by Crippen LogP contribution is 2.22. The lowest BCUT2D eigenvalue weighted by molar-refractivity contribution is -0.128. The molecular weight excluding hydrogens is 317 g/mol. The zero-order chi connectivity index (χ0) is 16.8. The number of hydrogen-bond donors (Lipinski definition) is 1. The van der Waals surface area contributed by atoms with E-state index in [0.29, 0.717) is 23.7 Å². The Bertz CT molecular complexity index is 673. The maximum absolute atomic E-state index is 12.9. The van der Waals surface area contributed by atoms with E-state index in [1.165, 1.54) is 12.1 Å². The predicted octanol–water partition coefficient (Wildman–Crippen LogP) is 4.26. The van der Waals surface area contributed by atoms with Crippen LogP contribution in [0.2, 0.25) is 5.02 Å². The predicted molar refractivity (Wildman–Crippen MR) is 89.1 cm³/mol. The van der Waals surface area contributed by atoms with Crippen LogP contribution in [0, 0.1) is 12.7 Å². The van der Waals surface area contributed by atoms with Crippen molar-refractivity contribution in [1.82, 2.24) is 5.32 Å². The van der Waals surface area contributed by atoms with Gasteiger partial charge in [-0.25, -0.2) is 4.39 Å². The van der Waals surface area contributed by atoms with Gasteiger partial charge in [-0.3, -0.25) is 4.79 Å². The lowest BCUT2D eigenvalue weighted by Gasteiger charge is -2.18. The van der Waals surface area contributed by atoms with Gasteiger partial charge in [0.15, 0.2) is 6.10 Å². The van der Waals surface area contributed by atoms with Crippen molar-refractivity contribution in [2.45, 2.75) is 32.9 Å². The van der Waals surface area contributed by atoms with Crippen LogP contribution in [0.5, 0.6) is 5.75 Å². The number of aryl methyl sites for hydroxylation is 1. The van der Waals surface area contributed by atoms with Crippen molar-refractivity contribution in [1.29, 1.82) is 0 Å². The largest absolute Gasteiger partial charge is 0.481 e. The van der Waals surface area contributed by atoms with Crippen molar-refractivity contribution in [3.05, 3.63) is 64.4 Å². The lowest BCUT2D eigenvalue weighted by atomic mass is 10.2. The minimum absolute atomic E-state index is 0.204. The number of benzene rings is 2. The first-order chi connectivity index (χ1) is 11.0. The molecule has 5 heteroatoms. The fourth-order valence-electron chi connectivity index (χ4n) is 2.08. The zero-order valence-electron chi connectivity index (χ0n) is 13.1. The van der Waals surface area contributed by atoms with Gasteiger partial charge in [-0.05, 0) is 54.8 Å². The highest BCUT2D eigenvalue weighted by atomic mass is 35.5. The number of amides is 1. The Labute approximate surface area is 140 Å². The van der Waals surface area contributed by atoms with E-state index in [0.717, 1.165) is 11.1 Å². The number of carbonyl (C=O) groups is 1. The molecule has 3 nitrogen and oxygen atoms in total. The Morgan fingerprint density at radius 1 is 1.26 bits per heavy atom. The molecule has 0 aliphatic rings. The third-order valence-electron chi connectivity index (χ3n) is 3.45. The molecular formula is C18H19ClFNO2. The van der Waals surface area contributed by atoms with Gasteiger partial charge in [0.2, 0.25) is 0 Å². The first kappa shape index (κ1) is 17.3. The topological polar surface area (TPSA) is 38.3 Å². The molecule has 1 N–H and O–H groups in total. The number of hydrogen-bond acceptors (Lipinski definition) is 2. The fourth-order valence-corrected chi connectivity index (χ4v) is 2.20. The first-order valence-electron chi connectivity index (χ1n) is 7.44. The second kappa shape index (κ2) is 7.97. The molecule has 1 amide bonds. The Balaban J connectivity index is 1.95. The van der Waals surface area contributed by atoms with Crippen molar-refractivity contribution < 1.29 is 13.9 Å². The van der Waals surface area contributed by atoms with E-state index in [4.69, 9.17) is 16.3 Å². The molecule has 0 spiro atoms. The van der Waals surface area contributed by atoms with Gasteiger partial charge < -0.3 is 10.1 Å². The normalized spacial score (nSPS) is 11.8. The van der Waals surface area contributed by atoms with E-state index >= 15 is 0 Å². The molecule has 0 aromatic heterocycles. The van der Waals surface area contributed by atoms with Gasteiger partial charge in [-0.1, -0.05) is 30.7 Å².